The summed E-state index contributed by atoms with van der Waals surface area (Å²) in [5, 5.41) is 10.6. The van der Waals surface area contributed by atoms with Gasteiger partial charge in [0.05, 0.1) is 26.4 Å². The van der Waals surface area contributed by atoms with Crippen LogP contribution in [0.3, 0.4) is 0 Å². The molecule has 0 spiro atoms. The number of unbranched alkanes of at least 4 members (excludes halogenated alkanes) is 32. The third kappa shape index (κ3) is 72.3. The second-order valence-corrected chi connectivity index (χ2v) is 29.2. The predicted molar refractivity (Wildman–Crippen MR) is 409 cm³/mol. The highest BCUT2D eigenvalue weighted by Gasteiger charge is 2.30. The van der Waals surface area contributed by atoms with Gasteiger partial charge in [0.15, 0.2) is 12.2 Å². The van der Waals surface area contributed by atoms with Crippen LogP contribution in [0.4, 0.5) is 0 Å². The number of hydrogen-bond donors (Lipinski definition) is 3. The van der Waals surface area contributed by atoms with Crippen molar-refractivity contribution in [2.75, 3.05) is 39.6 Å². The number of hydrogen-bond acceptors (Lipinski definition) is 15. The molecular weight excluding hydrogens is 1310 g/mol. The molecule has 0 bridgehead atoms. The summed E-state index contributed by atoms with van der Waals surface area (Å²) in [7, 11) is -9.95. The Morgan fingerprint density at radius 2 is 0.530 bits per heavy atom. The van der Waals surface area contributed by atoms with Gasteiger partial charge >= 0.3 is 39.5 Å². The fourth-order valence-corrected chi connectivity index (χ4v) is 12.1. The van der Waals surface area contributed by atoms with E-state index < -0.39 is 97.5 Å². The van der Waals surface area contributed by atoms with E-state index in [1.54, 1.807) is 0 Å². The molecule has 0 saturated carbocycles. The van der Waals surface area contributed by atoms with Crippen molar-refractivity contribution in [3.05, 3.63) is 97.2 Å². The van der Waals surface area contributed by atoms with Gasteiger partial charge in [-0.1, -0.05) is 292 Å². The first kappa shape index (κ1) is 96.0. The lowest BCUT2D eigenvalue weighted by atomic mass is 10.0. The Balaban J connectivity index is 5.33. The van der Waals surface area contributed by atoms with Gasteiger partial charge in [-0.05, 0) is 116 Å². The van der Waals surface area contributed by atoms with E-state index in [0.29, 0.717) is 25.7 Å². The molecule has 578 valence electrons. The number of aliphatic hydroxyl groups is 1. The van der Waals surface area contributed by atoms with Gasteiger partial charge in [-0.2, -0.15) is 0 Å². The van der Waals surface area contributed by atoms with E-state index in [1.165, 1.54) is 83.5 Å². The summed E-state index contributed by atoms with van der Waals surface area (Å²) in [5.74, 6) is -2.20. The first-order valence-corrected chi connectivity index (χ1v) is 42.5. The Labute approximate surface area is 607 Å². The van der Waals surface area contributed by atoms with Gasteiger partial charge in [0.1, 0.15) is 19.3 Å². The largest absolute Gasteiger partial charge is 0.472 e. The second-order valence-electron chi connectivity index (χ2n) is 26.2. The molecule has 100 heavy (non-hydrogen) atoms. The number of carbonyl (C=O) groups excluding carboxylic acids is 4. The van der Waals surface area contributed by atoms with E-state index in [2.05, 4.69) is 125 Å². The molecule has 0 heterocycles. The molecule has 19 heteroatoms. The molecule has 0 aliphatic rings. The van der Waals surface area contributed by atoms with E-state index in [0.717, 1.165) is 173 Å². The fraction of sp³-hybridized carbons (Fsp3) is 0.753. The van der Waals surface area contributed by atoms with E-state index in [9.17, 15) is 43.2 Å². The maximum atomic E-state index is 13.1. The first-order valence-electron chi connectivity index (χ1n) is 39.5. The zero-order valence-electron chi connectivity index (χ0n) is 63.1. The van der Waals surface area contributed by atoms with Crippen molar-refractivity contribution in [1.29, 1.82) is 0 Å². The molecule has 0 aromatic rings. The van der Waals surface area contributed by atoms with Crippen molar-refractivity contribution >= 4 is 39.5 Å². The summed E-state index contributed by atoms with van der Waals surface area (Å²) in [4.78, 5) is 72.9. The minimum Gasteiger partial charge on any atom is -0.462 e. The van der Waals surface area contributed by atoms with Crippen molar-refractivity contribution in [2.45, 2.75) is 354 Å². The lowest BCUT2D eigenvalue weighted by Gasteiger charge is -2.21. The van der Waals surface area contributed by atoms with Crippen molar-refractivity contribution in [2.24, 2.45) is 0 Å². The van der Waals surface area contributed by atoms with Gasteiger partial charge in [0, 0.05) is 25.7 Å². The predicted octanol–water partition coefficient (Wildman–Crippen LogP) is 22.8. The zero-order valence-corrected chi connectivity index (χ0v) is 64.9. The van der Waals surface area contributed by atoms with Crippen LogP contribution in [-0.2, 0) is 65.4 Å². The van der Waals surface area contributed by atoms with Crippen LogP contribution >= 0.6 is 15.6 Å². The van der Waals surface area contributed by atoms with Crippen molar-refractivity contribution in [3.63, 3.8) is 0 Å². The van der Waals surface area contributed by atoms with E-state index in [4.69, 9.17) is 37.0 Å². The minimum atomic E-state index is -4.98. The number of aliphatic hydroxyl groups excluding tert-OH is 1. The normalized spacial score (nSPS) is 14.4. The molecule has 3 N–H and O–H groups in total. The summed E-state index contributed by atoms with van der Waals surface area (Å²) in [6.07, 6.45) is 76.8. The third-order valence-corrected chi connectivity index (χ3v) is 18.4. The zero-order chi connectivity index (χ0) is 73.2. The maximum Gasteiger partial charge on any atom is 0.472 e. The quantitative estimate of drug-likeness (QED) is 0.0169. The molecule has 0 saturated heterocycles. The van der Waals surface area contributed by atoms with Crippen LogP contribution in [0.2, 0.25) is 0 Å². The van der Waals surface area contributed by atoms with Crippen molar-refractivity contribution < 1.29 is 80.2 Å². The summed E-state index contributed by atoms with van der Waals surface area (Å²) < 4.78 is 68.5. The van der Waals surface area contributed by atoms with Crippen LogP contribution < -0.4 is 0 Å². The standard InChI is InChI=1S/C81H142O17P2/c1-5-9-13-17-21-25-29-32-35-36-37-38-41-43-47-50-54-58-62-66-79(84)92-72-77(98-81(86)68-64-60-56-52-48-44-40-34-31-27-23-19-15-11-7-3)74-96-100(89,90)94-70-75(82)69-93-99(87,88)95-73-76(97-80(85)67-63-59-55-51-45-28-24-20-16-12-8-4)71-91-78(83)65-61-57-53-49-46-42-39-33-30-26-22-18-14-10-6-2/h9,11,13,15,20-21,23-25,27,32,34-35,37-38,40,75-77,82H,5-8,10,12,14,16-19,22,26,28-31,33,36,39,41-74H2,1-4H3,(H,87,88)(H,89,90)/b13-9-,15-11-,24-20-,25-21-,27-23-,35-32-,38-37-,40-34-. The summed E-state index contributed by atoms with van der Waals surface area (Å²) >= 11 is 0. The SMILES string of the molecule is CC/C=C\C/C=C\C/C=C\C/C=C\CCCCCCCCC(=O)OCC(COP(=O)(O)OCC(O)COP(=O)(O)OCC(COC(=O)CCCCCCCCCCCCCCCCC)OC(=O)CCCCCCC/C=C\CCCC)OC(=O)CCCCCCC/C=C\C/C=C\C/C=C\CC. The van der Waals surface area contributed by atoms with Gasteiger partial charge in [-0.3, -0.25) is 37.3 Å². The first-order chi connectivity index (χ1) is 48.7. The Hall–Kier alpha value is -4.02. The average molecular weight is 1450 g/mol. The van der Waals surface area contributed by atoms with Crippen LogP contribution in [0.25, 0.3) is 0 Å². The van der Waals surface area contributed by atoms with Crippen LogP contribution in [0, 0.1) is 0 Å². The van der Waals surface area contributed by atoms with Crippen LogP contribution in [-0.4, -0.2) is 96.7 Å². The minimum absolute atomic E-state index is 0.0718. The van der Waals surface area contributed by atoms with E-state index in [-0.39, 0.29) is 25.7 Å². The number of esters is 4. The van der Waals surface area contributed by atoms with Crippen molar-refractivity contribution in [1.82, 2.24) is 0 Å². The molecule has 0 rings (SSSR count). The number of rotatable bonds is 74. The Bertz CT molecular complexity index is 2270. The lowest BCUT2D eigenvalue weighted by molar-refractivity contribution is -0.161. The molecular formula is C81H142O17P2. The topological polar surface area (TPSA) is 237 Å². The van der Waals surface area contributed by atoms with Crippen LogP contribution in [0.15, 0.2) is 97.2 Å². The van der Waals surface area contributed by atoms with Crippen molar-refractivity contribution in [3.8, 4) is 0 Å². The lowest BCUT2D eigenvalue weighted by Crippen LogP contribution is -2.30. The smallest absolute Gasteiger partial charge is 0.462 e. The molecule has 5 atom stereocenters. The molecule has 0 aliphatic carbocycles. The molecule has 17 nitrogen and oxygen atoms in total. The molecule has 0 amide bonds. The molecule has 0 fully saturated rings. The highest BCUT2D eigenvalue weighted by molar-refractivity contribution is 7.47. The molecule has 0 aliphatic heterocycles. The highest BCUT2D eigenvalue weighted by Crippen LogP contribution is 2.45. The van der Waals surface area contributed by atoms with Gasteiger partial charge < -0.3 is 33.8 Å². The molecule has 0 radical (unpaired) electrons. The molecule has 5 unspecified atom stereocenters. The van der Waals surface area contributed by atoms with Gasteiger partial charge in [-0.15, -0.1) is 0 Å². The number of allylic oxidation sites excluding steroid dienone is 16. The van der Waals surface area contributed by atoms with Crippen LogP contribution in [0.5, 0.6) is 0 Å². The molecule has 0 aromatic heterocycles. The van der Waals surface area contributed by atoms with Gasteiger partial charge in [0.2, 0.25) is 0 Å². The highest BCUT2D eigenvalue weighted by atomic mass is 31.2. The number of phosphoric acid groups is 2. The third-order valence-electron chi connectivity index (χ3n) is 16.5. The fourth-order valence-electron chi connectivity index (χ4n) is 10.6. The molecule has 0 aromatic carbocycles. The summed E-state index contributed by atoms with van der Waals surface area (Å²) in [5.41, 5.74) is 0. The maximum absolute atomic E-state index is 13.1. The monoisotopic (exact) mass is 1450 g/mol. The second kappa shape index (κ2) is 73.3. The Morgan fingerprint density at radius 1 is 0.290 bits per heavy atom. The average Bonchev–Trinajstić information content (AvgIpc) is 0.985. The summed E-state index contributed by atoms with van der Waals surface area (Å²) in [6, 6.07) is 0. The summed E-state index contributed by atoms with van der Waals surface area (Å²) in [6.45, 7) is 4.61. The van der Waals surface area contributed by atoms with Gasteiger partial charge in [-0.25, -0.2) is 9.13 Å². The number of phosphoric ester groups is 2. The van der Waals surface area contributed by atoms with Gasteiger partial charge in [0.25, 0.3) is 0 Å². The number of carbonyl (C=O) groups is 4. The van der Waals surface area contributed by atoms with E-state index >= 15 is 0 Å². The number of ether oxygens (including phenoxy) is 4. The Morgan fingerprint density at radius 3 is 0.840 bits per heavy atom. The Kier molecular flexibility index (Phi) is 70.4. The van der Waals surface area contributed by atoms with E-state index in [1.807, 2.05) is 0 Å². The van der Waals surface area contributed by atoms with Crippen LogP contribution in [0.1, 0.15) is 336 Å².